The minimum absolute atomic E-state index is 0.0241. The molecule has 0 unspecified atom stereocenters. The largest absolute Gasteiger partial charge is 0.350 e. The van der Waals surface area contributed by atoms with E-state index in [0.29, 0.717) is 37.9 Å². The Bertz CT molecular complexity index is 807. The van der Waals surface area contributed by atoms with Crippen LogP contribution in [0.1, 0.15) is 42.6 Å². The zero-order valence-electron chi connectivity index (χ0n) is 17.2. The average molecular weight is 396 g/mol. The Labute approximate surface area is 172 Å². The van der Waals surface area contributed by atoms with E-state index in [-0.39, 0.29) is 5.91 Å². The zero-order chi connectivity index (χ0) is 20.3. The molecular formula is C23H29N3O3. The summed E-state index contributed by atoms with van der Waals surface area (Å²) in [6, 6.07) is 14.5. The van der Waals surface area contributed by atoms with Gasteiger partial charge in [0.1, 0.15) is 5.82 Å². The molecule has 4 rings (SSSR count). The summed E-state index contributed by atoms with van der Waals surface area (Å²) in [6.45, 7) is 7.68. The van der Waals surface area contributed by atoms with Gasteiger partial charge in [-0.2, -0.15) is 0 Å². The second kappa shape index (κ2) is 8.51. The summed E-state index contributed by atoms with van der Waals surface area (Å²) in [5.74, 6) is 0.440. The summed E-state index contributed by atoms with van der Waals surface area (Å²) in [5.41, 5.74) is 1.86. The number of rotatable bonds is 5. The molecule has 1 aromatic carbocycles. The number of likely N-dealkylation sites (tertiary alicyclic amines) is 1. The minimum atomic E-state index is -0.464. The summed E-state index contributed by atoms with van der Waals surface area (Å²) in [4.78, 5) is 21.6. The van der Waals surface area contributed by atoms with E-state index in [2.05, 4.69) is 35.9 Å². The molecule has 0 N–H and O–H groups in total. The van der Waals surface area contributed by atoms with Crippen molar-refractivity contribution >= 4 is 11.7 Å². The Balaban J connectivity index is 1.42. The molecule has 1 amide bonds. The molecule has 2 aliphatic heterocycles. The maximum absolute atomic E-state index is 12.9. The normalized spacial score (nSPS) is 18.4. The van der Waals surface area contributed by atoms with Gasteiger partial charge >= 0.3 is 0 Å². The lowest BCUT2D eigenvalue weighted by atomic mass is 10.0. The van der Waals surface area contributed by atoms with Gasteiger partial charge in [-0.15, -0.1) is 0 Å². The molecule has 2 aromatic rings. The number of ether oxygens (including phenoxy) is 2. The van der Waals surface area contributed by atoms with Gasteiger partial charge in [0.2, 0.25) is 0 Å². The van der Waals surface area contributed by atoms with E-state index in [1.54, 1.807) is 6.20 Å². The van der Waals surface area contributed by atoms with Crippen molar-refractivity contribution in [1.29, 1.82) is 0 Å². The number of carbonyl (C=O) groups is 1. The molecule has 3 heterocycles. The fraction of sp³-hybridized carbons (Fsp3) is 0.478. The number of anilines is 1. The fourth-order valence-corrected chi connectivity index (χ4v) is 4.01. The van der Waals surface area contributed by atoms with Crippen molar-refractivity contribution in [3.05, 3.63) is 59.8 Å². The predicted molar refractivity (Wildman–Crippen MR) is 112 cm³/mol. The van der Waals surface area contributed by atoms with Crippen molar-refractivity contribution in [1.82, 2.24) is 9.88 Å². The molecule has 1 aromatic heterocycles. The van der Waals surface area contributed by atoms with Gasteiger partial charge in [0.05, 0.1) is 18.8 Å². The number of amides is 1. The molecule has 0 atom stereocenters. The third-order valence-electron chi connectivity index (χ3n) is 5.73. The molecule has 154 valence electrons. The number of aromatic nitrogens is 1. The number of carbonyl (C=O) groups excluding carboxylic acids is 1. The molecule has 29 heavy (non-hydrogen) atoms. The fourth-order valence-electron chi connectivity index (χ4n) is 4.01. The summed E-state index contributed by atoms with van der Waals surface area (Å²) >= 11 is 0. The number of piperidine rings is 1. The monoisotopic (exact) mass is 395 g/mol. The zero-order valence-corrected chi connectivity index (χ0v) is 17.2. The van der Waals surface area contributed by atoms with Crippen LogP contribution in [-0.2, 0) is 16.0 Å². The van der Waals surface area contributed by atoms with Gasteiger partial charge in [-0.05, 0) is 31.5 Å². The number of benzene rings is 1. The number of hydrogen-bond acceptors (Lipinski definition) is 5. The van der Waals surface area contributed by atoms with E-state index in [9.17, 15) is 4.79 Å². The summed E-state index contributed by atoms with van der Waals surface area (Å²) in [7, 11) is 0. The third-order valence-corrected chi connectivity index (χ3v) is 5.73. The van der Waals surface area contributed by atoms with Gasteiger partial charge in [0.15, 0.2) is 5.79 Å². The smallest absolute Gasteiger partial charge is 0.255 e. The number of hydrogen-bond donors (Lipinski definition) is 0. The maximum Gasteiger partial charge on any atom is 0.255 e. The molecule has 0 bridgehead atoms. The van der Waals surface area contributed by atoms with Crippen molar-refractivity contribution in [3.8, 4) is 0 Å². The van der Waals surface area contributed by atoms with Crippen LogP contribution in [0.15, 0.2) is 48.7 Å². The maximum atomic E-state index is 12.9. The second-order valence-electron chi connectivity index (χ2n) is 8.01. The minimum Gasteiger partial charge on any atom is -0.350 e. The number of pyridine rings is 1. The molecule has 6 heteroatoms. The van der Waals surface area contributed by atoms with Crippen LogP contribution in [0.4, 0.5) is 5.82 Å². The van der Waals surface area contributed by atoms with Crippen LogP contribution in [-0.4, -0.2) is 53.9 Å². The topological polar surface area (TPSA) is 54.9 Å². The highest BCUT2D eigenvalue weighted by atomic mass is 16.7. The van der Waals surface area contributed by atoms with E-state index < -0.39 is 5.79 Å². The highest BCUT2D eigenvalue weighted by Gasteiger charge is 2.40. The summed E-state index contributed by atoms with van der Waals surface area (Å²) in [5, 5.41) is 0. The Morgan fingerprint density at radius 3 is 2.38 bits per heavy atom. The first-order valence-electron chi connectivity index (χ1n) is 10.4. The average Bonchev–Trinajstić information content (AvgIpc) is 3.21. The molecule has 0 radical (unpaired) electrons. The van der Waals surface area contributed by atoms with Gasteiger partial charge < -0.3 is 19.3 Å². The molecule has 2 saturated heterocycles. The molecular weight excluding hydrogens is 366 g/mol. The third kappa shape index (κ3) is 4.43. The Morgan fingerprint density at radius 2 is 1.79 bits per heavy atom. The first kappa shape index (κ1) is 19.9. The lowest BCUT2D eigenvalue weighted by Gasteiger charge is -2.37. The first-order chi connectivity index (χ1) is 14.1. The summed E-state index contributed by atoms with van der Waals surface area (Å²) < 4.78 is 11.5. The lowest BCUT2D eigenvalue weighted by molar-refractivity contribution is -0.181. The molecule has 2 aliphatic rings. The van der Waals surface area contributed by atoms with Gasteiger partial charge in [0, 0.05) is 44.7 Å². The van der Waals surface area contributed by atoms with Crippen LogP contribution in [0.25, 0.3) is 0 Å². The van der Waals surface area contributed by atoms with Gasteiger partial charge in [-0.1, -0.05) is 30.3 Å². The van der Waals surface area contributed by atoms with Crippen molar-refractivity contribution in [2.24, 2.45) is 0 Å². The summed E-state index contributed by atoms with van der Waals surface area (Å²) in [6.07, 6.45) is 3.15. The van der Waals surface area contributed by atoms with Gasteiger partial charge in [-0.3, -0.25) is 4.79 Å². The second-order valence-corrected chi connectivity index (χ2v) is 8.01. The lowest BCUT2D eigenvalue weighted by Crippen LogP contribution is -2.47. The van der Waals surface area contributed by atoms with Crippen molar-refractivity contribution < 1.29 is 14.3 Å². The van der Waals surface area contributed by atoms with Crippen LogP contribution in [0, 0.1) is 0 Å². The quantitative estimate of drug-likeness (QED) is 0.776. The van der Waals surface area contributed by atoms with Gasteiger partial charge in [-0.25, -0.2) is 4.98 Å². The van der Waals surface area contributed by atoms with E-state index in [4.69, 9.17) is 9.47 Å². The van der Waals surface area contributed by atoms with Crippen molar-refractivity contribution in [2.45, 2.75) is 45.1 Å². The van der Waals surface area contributed by atoms with Crippen molar-refractivity contribution in [2.75, 3.05) is 31.2 Å². The van der Waals surface area contributed by atoms with Crippen LogP contribution >= 0.6 is 0 Å². The first-order valence-corrected chi connectivity index (χ1v) is 10.4. The number of nitrogens with zero attached hydrogens (tertiary/aromatic N) is 3. The van der Waals surface area contributed by atoms with E-state index >= 15 is 0 Å². The highest BCUT2D eigenvalue weighted by molar-refractivity contribution is 5.94. The molecule has 6 nitrogen and oxygen atoms in total. The van der Waals surface area contributed by atoms with E-state index in [0.717, 1.165) is 25.2 Å². The van der Waals surface area contributed by atoms with Crippen molar-refractivity contribution in [3.63, 3.8) is 0 Å². The molecule has 0 saturated carbocycles. The van der Waals surface area contributed by atoms with Crippen LogP contribution in [0.2, 0.25) is 0 Å². The van der Waals surface area contributed by atoms with Crippen LogP contribution in [0.3, 0.4) is 0 Å². The standard InChI is InChI=1S/C23H29N3O3/c1-18(2)26(17-19-6-4-3-5-7-19)21-9-8-20(16-24-21)22(27)25-12-10-23(11-13-25)28-14-15-29-23/h3-9,16,18H,10-15,17H2,1-2H3. The molecule has 0 aliphatic carbocycles. The predicted octanol–water partition coefficient (Wildman–Crippen LogP) is 3.48. The highest BCUT2D eigenvalue weighted by Crippen LogP contribution is 2.31. The van der Waals surface area contributed by atoms with E-state index in [1.807, 2.05) is 35.2 Å². The Morgan fingerprint density at radius 1 is 1.10 bits per heavy atom. The SMILES string of the molecule is CC(C)N(Cc1ccccc1)c1ccc(C(=O)N2CCC3(CC2)OCCO3)cn1. The van der Waals surface area contributed by atoms with Crippen LogP contribution in [0.5, 0.6) is 0 Å². The Kier molecular flexibility index (Phi) is 5.83. The van der Waals surface area contributed by atoms with Crippen LogP contribution < -0.4 is 4.90 Å². The van der Waals surface area contributed by atoms with Gasteiger partial charge in [0.25, 0.3) is 5.91 Å². The molecule has 2 fully saturated rings. The van der Waals surface area contributed by atoms with E-state index in [1.165, 1.54) is 5.56 Å². The Hall–Kier alpha value is -2.44. The molecule has 1 spiro atoms.